The molecule has 8 nitrogen and oxygen atoms in total. The van der Waals surface area contributed by atoms with E-state index in [1.165, 1.54) is 12.8 Å². The van der Waals surface area contributed by atoms with Crippen LogP contribution in [0.2, 0.25) is 0 Å². The Hall–Kier alpha value is -1.26. The predicted octanol–water partition coefficient (Wildman–Crippen LogP) is -0.152. The molecule has 0 aliphatic heterocycles. The topological polar surface area (TPSA) is 113 Å². The number of nitrogens with zero attached hydrogens (tertiary/aromatic N) is 2. The molecule has 0 bridgehead atoms. The van der Waals surface area contributed by atoms with Crippen molar-refractivity contribution < 1.29 is 13.2 Å². The molecule has 1 aliphatic rings. The number of rotatable bonds is 7. The van der Waals surface area contributed by atoms with Gasteiger partial charge < -0.3 is 5.32 Å². The number of amides is 1. The molecule has 1 aliphatic carbocycles. The van der Waals surface area contributed by atoms with Crippen molar-refractivity contribution in [2.24, 2.45) is 5.92 Å². The van der Waals surface area contributed by atoms with Gasteiger partial charge in [-0.05, 0) is 25.3 Å². The van der Waals surface area contributed by atoms with Crippen LogP contribution in [0.4, 0.5) is 10.3 Å². The van der Waals surface area contributed by atoms with Crippen molar-refractivity contribution >= 4 is 37.5 Å². The number of nitrogens with one attached hydrogen (secondary N) is 3. The van der Waals surface area contributed by atoms with Crippen LogP contribution in [0, 0.1) is 5.92 Å². The molecule has 3 N–H and O–H groups in total. The fourth-order valence-corrected chi connectivity index (χ4v) is 2.84. The fourth-order valence-electron chi connectivity index (χ4n) is 1.35. The van der Waals surface area contributed by atoms with Crippen molar-refractivity contribution in [3.63, 3.8) is 0 Å². The summed E-state index contributed by atoms with van der Waals surface area (Å²) < 4.78 is 24.1. The summed E-state index contributed by atoms with van der Waals surface area (Å²) in [6.45, 7) is 1.06. The highest BCUT2D eigenvalue weighted by Crippen LogP contribution is 2.27. The van der Waals surface area contributed by atoms with Crippen molar-refractivity contribution in [2.45, 2.75) is 12.8 Å². The molecule has 1 heterocycles. The molecule has 1 amide bonds. The molecular formula is C9H15N5O3S2. The van der Waals surface area contributed by atoms with E-state index in [2.05, 4.69) is 25.6 Å². The summed E-state index contributed by atoms with van der Waals surface area (Å²) in [5.41, 5.74) is 0. The molecule has 1 saturated carbocycles. The lowest BCUT2D eigenvalue weighted by atomic mass is 10.4. The normalized spacial score (nSPS) is 15.2. The Bertz CT molecular complexity index is 552. The van der Waals surface area contributed by atoms with Gasteiger partial charge in [-0.25, -0.2) is 8.42 Å². The van der Waals surface area contributed by atoms with Crippen LogP contribution in [0.15, 0.2) is 0 Å². The van der Waals surface area contributed by atoms with Crippen LogP contribution < -0.4 is 15.4 Å². The van der Waals surface area contributed by atoms with E-state index in [4.69, 9.17) is 0 Å². The molecule has 0 unspecified atom stereocenters. The van der Waals surface area contributed by atoms with Crippen LogP contribution in [-0.2, 0) is 14.8 Å². The SMILES string of the molecule is CS(=O)(=O)Nc1nnc(NC(=O)CNCC2CC2)s1. The Labute approximate surface area is 115 Å². The van der Waals surface area contributed by atoms with Crippen LogP contribution in [0.3, 0.4) is 0 Å². The highest BCUT2D eigenvalue weighted by Gasteiger charge is 2.20. The first kappa shape index (κ1) is 14.2. The second-order valence-electron chi connectivity index (χ2n) is 4.41. The summed E-state index contributed by atoms with van der Waals surface area (Å²) in [7, 11) is -3.38. The van der Waals surface area contributed by atoms with Crippen molar-refractivity contribution in [3.8, 4) is 0 Å². The summed E-state index contributed by atoms with van der Waals surface area (Å²) in [4.78, 5) is 11.5. The molecule has 0 spiro atoms. The van der Waals surface area contributed by atoms with Crippen molar-refractivity contribution in [1.29, 1.82) is 0 Å². The zero-order valence-electron chi connectivity index (χ0n) is 10.3. The lowest BCUT2D eigenvalue weighted by Crippen LogP contribution is -2.29. The quantitative estimate of drug-likeness (QED) is 0.645. The van der Waals surface area contributed by atoms with Crippen LogP contribution in [0.25, 0.3) is 0 Å². The Morgan fingerprint density at radius 3 is 2.68 bits per heavy atom. The van der Waals surface area contributed by atoms with Gasteiger partial charge in [-0.2, -0.15) is 0 Å². The van der Waals surface area contributed by atoms with Gasteiger partial charge in [0.05, 0.1) is 12.8 Å². The average molecular weight is 305 g/mol. The van der Waals surface area contributed by atoms with Crippen molar-refractivity contribution in [2.75, 3.05) is 29.4 Å². The maximum absolute atomic E-state index is 11.5. The lowest BCUT2D eigenvalue weighted by Gasteiger charge is -2.02. The van der Waals surface area contributed by atoms with E-state index in [1.807, 2.05) is 0 Å². The third-order valence-corrected chi connectivity index (χ3v) is 3.81. The highest BCUT2D eigenvalue weighted by atomic mass is 32.2. The van der Waals surface area contributed by atoms with Crippen LogP contribution in [0.1, 0.15) is 12.8 Å². The molecule has 19 heavy (non-hydrogen) atoms. The van der Waals surface area contributed by atoms with Gasteiger partial charge in [0, 0.05) is 0 Å². The number of hydrogen-bond acceptors (Lipinski definition) is 7. The molecule has 1 aromatic heterocycles. The Balaban J connectivity index is 1.76. The summed E-state index contributed by atoms with van der Waals surface area (Å²) in [5.74, 6) is 0.489. The van der Waals surface area contributed by atoms with Crippen LogP contribution in [0.5, 0.6) is 0 Å². The van der Waals surface area contributed by atoms with Gasteiger partial charge in [-0.1, -0.05) is 11.3 Å². The van der Waals surface area contributed by atoms with E-state index < -0.39 is 10.0 Å². The van der Waals surface area contributed by atoms with Crippen LogP contribution in [-0.4, -0.2) is 43.9 Å². The van der Waals surface area contributed by atoms with Gasteiger partial charge >= 0.3 is 0 Å². The molecule has 2 rings (SSSR count). The summed E-state index contributed by atoms with van der Waals surface area (Å²) >= 11 is 0.968. The Morgan fingerprint density at radius 1 is 1.37 bits per heavy atom. The first-order valence-corrected chi connectivity index (χ1v) is 8.45. The minimum atomic E-state index is -3.38. The zero-order valence-corrected chi connectivity index (χ0v) is 12.0. The molecule has 1 fully saturated rings. The number of carbonyl (C=O) groups is 1. The average Bonchev–Trinajstić information content (AvgIpc) is 2.99. The van der Waals surface area contributed by atoms with E-state index in [0.29, 0.717) is 5.92 Å². The third kappa shape index (κ3) is 5.49. The molecule has 0 radical (unpaired) electrons. The van der Waals surface area contributed by atoms with Gasteiger partial charge in [-0.3, -0.25) is 14.8 Å². The number of hydrogen-bond donors (Lipinski definition) is 3. The van der Waals surface area contributed by atoms with Gasteiger partial charge in [0.25, 0.3) is 0 Å². The van der Waals surface area contributed by atoms with Crippen molar-refractivity contribution in [1.82, 2.24) is 15.5 Å². The minimum absolute atomic E-state index is 0.128. The smallest absolute Gasteiger partial charge is 0.240 e. The number of aromatic nitrogens is 2. The highest BCUT2D eigenvalue weighted by molar-refractivity contribution is 7.92. The number of anilines is 2. The minimum Gasteiger partial charge on any atom is -0.308 e. The van der Waals surface area contributed by atoms with E-state index in [0.717, 1.165) is 24.1 Å². The molecule has 0 atom stereocenters. The largest absolute Gasteiger partial charge is 0.308 e. The van der Waals surface area contributed by atoms with E-state index >= 15 is 0 Å². The zero-order chi connectivity index (χ0) is 13.9. The first-order chi connectivity index (χ1) is 8.92. The van der Waals surface area contributed by atoms with Crippen LogP contribution >= 0.6 is 11.3 Å². The van der Waals surface area contributed by atoms with E-state index in [-0.39, 0.29) is 22.7 Å². The molecule has 0 saturated heterocycles. The number of sulfonamides is 1. The monoisotopic (exact) mass is 305 g/mol. The molecule has 106 valence electrons. The Morgan fingerprint density at radius 2 is 2.05 bits per heavy atom. The van der Waals surface area contributed by atoms with E-state index in [1.54, 1.807) is 0 Å². The van der Waals surface area contributed by atoms with Gasteiger partial charge in [-0.15, -0.1) is 10.2 Å². The molecular weight excluding hydrogens is 290 g/mol. The maximum atomic E-state index is 11.5. The summed E-state index contributed by atoms with van der Waals surface area (Å²) in [6, 6.07) is 0. The van der Waals surface area contributed by atoms with E-state index in [9.17, 15) is 13.2 Å². The van der Waals surface area contributed by atoms with Gasteiger partial charge in [0.1, 0.15) is 0 Å². The van der Waals surface area contributed by atoms with Gasteiger partial charge in [0.15, 0.2) is 0 Å². The first-order valence-electron chi connectivity index (χ1n) is 5.74. The summed E-state index contributed by atoms with van der Waals surface area (Å²) in [6.07, 6.45) is 3.48. The summed E-state index contributed by atoms with van der Waals surface area (Å²) in [5, 5.41) is 13.3. The number of carbonyl (C=O) groups excluding carboxylic acids is 1. The standard InChI is InChI=1S/C9H15N5O3S2/c1-19(16,17)14-9-13-12-8(18-9)11-7(15)5-10-4-6-2-3-6/h6,10H,2-5H2,1H3,(H,13,14)(H,11,12,15). The lowest BCUT2D eigenvalue weighted by molar-refractivity contribution is -0.115. The van der Waals surface area contributed by atoms with Gasteiger partial charge in [0.2, 0.25) is 26.2 Å². The second-order valence-corrected chi connectivity index (χ2v) is 7.14. The second kappa shape index (κ2) is 5.80. The molecule has 0 aromatic carbocycles. The predicted molar refractivity (Wildman–Crippen MR) is 72.6 cm³/mol. The molecule has 10 heteroatoms. The molecule has 1 aromatic rings. The third-order valence-electron chi connectivity index (χ3n) is 2.36. The Kier molecular flexibility index (Phi) is 4.32. The fraction of sp³-hybridized carbons (Fsp3) is 0.667. The maximum Gasteiger partial charge on any atom is 0.240 e. The van der Waals surface area contributed by atoms with Crippen molar-refractivity contribution in [3.05, 3.63) is 0 Å².